The molecule has 110 valence electrons. The number of hydrogen-bond donors (Lipinski definition) is 1. The molecule has 8 heteroatoms. The maximum Gasteiger partial charge on any atom is 0.332 e. The fourth-order valence-corrected chi connectivity index (χ4v) is 2.37. The van der Waals surface area contributed by atoms with Crippen LogP contribution in [0.25, 0.3) is 0 Å². The van der Waals surface area contributed by atoms with Crippen LogP contribution in [0.1, 0.15) is 12.6 Å². The molecule has 1 saturated heterocycles. The van der Waals surface area contributed by atoms with E-state index in [4.69, 9.17) is 0 Å². The van der Waals surface area contributed by atoms with E-state index >= 15 is 0 Å². The Morgan fingerprint density at radius 1 is 1.30 bits per heavy atom. The molecule has 1 fully saturated rings. The summed E-state index contributed by atoms with van der Waals surface area (Å²) in [6.45, 7) is 8.04. The molecule has 2 heterocycles. The number of likely N-dealkylation sites (N-methyl/N-ethyl adjacent to an activating group) is 1. The fraction of sp³-hybridized carbons (Fsp3) is 0.667. The Morgan fingerprint density at radius 3 is 2.45 bits per heavy atom. The number of nitro groups is 1. The van der Waals surface area contributed by atoms with Crippen LogP contribution in [0.2, 0.25) is 0 Å². The Kier molecular flexibility index (Phi) is 4.33. The monoisotopic (exact) mass is 280 g/mol. The summed E-state index contributed by atoms with van der Waals surface area (Å²) in [7, 11) is 1.71. The van der Waals surface area contributed by atoms with E-state index < -0.39 is 4.92 Å². The lowest BCUT2D eigenvalue weighted by Gasteiger charge is -2.34. The third kappa shape index (κ3) is 2.79. The van der Waals surface area contributed by atoms with Crippen LogP contribution in [0.15, 0.2) is 0 Å². The van der Waals surface area contributed by atoms with E-state index in [1.165, 1.54) is 0 Å². The Morgan fingerprint density at radius 2 is 1.95 bits per heavy atom. The second kappa shape index (κ2) is 6.00. The lowest BCUT2D eigenvalue weighted by atomic mass is 10.2. The predicted octanol–water partition coefficient (Wildman–Crippen LogP) is 0.877. The van der Waals surface area contributed by atoms with E-state index in [1.54, 1.807) is 14.0 Å². The zero-order valence-electron chi connectivity index (χ0n) is 12.1. The van der Waals surface area contributed by atoms with Crippen LogP contribution in [-0.4, -0.2) is 59.6 Å². The van der Waals surface area contributed by atoms with Gasteiger partial charge in [-0.25, -0.2) is 4.98 Å². The number of aryl methyl sites for hydroxylation is 1. The average Bonchev–Trinajstić information content (AvgIpc) is 2.46. The third-order valence-corrected chi connectivity index (χ3v) is 3.57. The van der Waals surface area contributed by atoms with Gasteiger partial charge in [0.05, 0.1) is 4.92 Å². The van der Waals surface area contributed by atoms with Gasteiger partial charge in [0, 0.05) is 33.2 Å². The van der Waals surface area contributed by atoms with Gasteiger partial charge in [-0.3, -0.25) is 10.1 Å². The molecule has 0 aliphatic carbocycles. The Balaban J connectivity index is 2.34. The van der Waals surface area contributed by atoms with Gasteiger partial charge in [-0.2, -0.15) is 4.98 Å². The molecule has 0 amide bonds. The van der Waals surface area contributed by atoms with E-state index in [0.29, 0.717) is 17.5 Å². The standard InChI is InChI=1S/C12H20N6O2/c1-4-16-5-7-17(8-6-16)11-10(18(19)20)9(2)14-12(13-3)15-11/h4-8H2,1-3H3,(H,13,14,15). The molecular formula is C12H20N6O2. The number of anilines is 2. The first-order valence-electron chi connectivity index (χ1n) is 6.75. The third-order valence-electron chi connectivity index (χ3n) is 3.57. The number of piperazine rings is 1. The summed E-state index contributed by atoms with van der Waals surface area (Å²) < 4.78 is 0. The number of rotatable bonds is 4. The lowest BCUT2D eigenvalue weighted by molar-refractivity contribution is -0.385. The van der Waals surface area contributed by atoms with Crippen LogP contribution in [-0.2, 0) is 0 Å². The second-order valence-corrected chi connectivity index (χ2v) is 4.73. The van der Waals surface area contributed by atoms with Crippen LogP contribution in [0.3, 0.4) is 0 Å². The summed E-state index contributed by atoms with van der Waals surface area (Å²) in [6, 6.07) is 0. The van der Waals surface area contributed by atoms with Crippen molar-refractivity contribution in [3.05, 3.63) is 15.8 Å². The minimum absolute atomic E-state index is 0.00829. The van der Waals surface area contributed by atoms with Gasteiger partial charge >= 0.3 is 5.69 Å². The molecule has 2 rings (SSSR count). The van der Waals surface area contributed by atoms with Crippen molar-refractivity contribution in [1.82, 2.24) is 14.9 Å². The van der Waals surface area contributed by atoms with Crippen LogP contribution in [0, 0.1) is 17.0 Å². The highest BCUT2D eigenvalue weighted by atomic mass is 16.6. The van der Waals surface area contributed by atoms with E-state index in [1.807, 2.05) is 4.90 Å². The van der Waals surface area contributed by atoms with Crippen LogP contribution >= 0.6 is 0 Å². The zero-order valence-corrected chi connectivity index (χ0v) is 12.1. The first kappa shape index (κ1) is 14.4. The van der Waals surface area contributed by atoms with Gasteiger partial charge in [-0.1, -0.05) is 6.92 Å². The highest BCUT2D eigenvalue weighted by Crippen LogP contribution is 2.30. The molecule has 1 aliphatic heterocycles. The van der Waals surface area contributed by atoms with Gasteiger partial charge in [0.2, 0.25) is 11.8 Å². The van der Waals surface area contributed by atoms with Gasteiger partial charge in [-0.05, 0) is 13.5 Å². The lowest BCUT2D eigenvalue weighted by Crippen LogP contribution is -2.46. The van der Waals surface area contributed by atoms with Crippen molar-refractivity contribution in [2.75, 3.05) is 50.0 Å². The van der Waals surface area contributed by atoms with E-state index in [-0.39, 0.29) is 5.69 Å². The van der Waals surface area contributed by atoms with Crippen molar-refractivity contribution < 1.29 is 4.92 Å². The predicted molar refractivity (Wildman–Crippen MR) is 77.3 cm³/mol. The van der Waals surface area contributed by atoms with Crippen molar-refractivity contribution in [3.63, 3.8) is 0 Å². The molecule has 0 radical (unpaired) electrons. The maximum atomic E-state index is 11.3. The van der Waals surface area contributed by atoms with Crippen molar-refractivity contribution in [3.8, 4) is 0 Å². The Labute approximate surface area is 118 Å². The van der Waals surface area contributed by atoms with Gasteiger partial charge in [-0.15, -0.1) is 0 Å². The molecule has 1 aromatic heterocycles. The first-order chi connectivity index (χ1) is 9.56. The first-order valence-corrected chi connectivity index (χ1v) is 6.75. The summed E-state index contributed by atoms with van der Waals surface area (Å²) in [5.41, 5.74) is 0.399. The van der Waals surface area contributed by atoms with Gasteiger partial charge in [0.25, 0.3) is 0 Å². The largest absolute Gasteiger partial charge is 0.357 e. The zero-order chi connectivity index (χ0) is 14.7. The topological polar surface area (TPSA) is 87.4 Å². The van der Waals surface area contributed by atoms with Crippen LogP contribution in [0.5, 0.6) is 0 Å². The molecule has 0 unspecified atom stereocenters. The Bertz CT molecular complexity index is 499. The molecule has 20 heavy (non-hydrogen) atoms. The van der Waals surface area contributed by atoms with E-state index in [0.717, 1.165) is 32.7 Å². The summed E-state index contributed by atoms with van der Waals surface area (Å²) in [5, 5.41) is 14.1. The van der Waals surface area contributed by atoms with Crippen LogP contribution in [0.4, 0.5) is 17.5 Å². The number of hydrogen-bond acceptors (Lipinski definition) is 7. The van der Waals surface area contributed by atoms with Gasteiger partial charge < -0.3 is 15.1 Å². The van der Waals surface area contributed by atoms with Crippen LogP contribution < -0.4 is 10.2 Å². The molecule has 0 spiro atoms. The average molecular weight is 280 g/mol. The number of nitrogens with one attached hydrogen (secondary N) is 1. The van der Waals surface area contributed by atoms with E-state index in [9.17, 15) is 10.1 Å². The minimum atomic E-state index is -0.393. The normalized spacial score (nSPS) is 16.2. The number of nitrogens with zero attached hydrogens (tertiary/aromatic N) is 5. The van der Waals surface area contributed by atoms with Gasteiger partial charge in [0.15, 0.2) is 0 Å². The summed E-state index contributed by atoms with van der Waals surface area (Å²) >= 11 is 0. The second-order valence-electron chi connectivity index (χ2n) is 4.73. The minimum Gasteiger partial charge on any atom is -0.357 e. The molecule has 1 aliphatic rings. The highest BCUT2D eigenvalue weighted by Gasteiger charge is 2.28. The van der Waals surface area contributed by atoms with Crippen molar-refractivity contribution in [2.45, 2.75) is 13.8 Å². The molecule has 1 aromatic rings. The molecule has 8 nitrogen and oxygen atoms in total. The van der Waals surface area contributed by atoms with Crippen molar-refractivity contribution >= 4 is 17.5 Å². The molecule has 0 aromatic carbocycles. The molecular weight excluding hydrogens is 260 g/mol. The maximum absolute atomic E-state index is 11.3. The molecule has 0 atom stereocenters. The quantitative estimate of drug-likeness (QED) is 0.647. The fourth-order valence-electron chi connectivity index (χ4n) is 2.37. The van der Waals surface area contributed by atoms with Gasteiger partial charge in [0.1, 0.15) is 5.69 Å². The molecule has 0 bridgehead atoms. The van der Waals surface area contributed by atoms with E-state index in [2.05, 4.69) is 27.1 Å². The number of aromatic nitrogens is 2. The molecule has 0 saturated carbocycles. The Hall–Kier alpha value is -1.96. The smallest absolute Gasteiger partial charge is 0.332 e. The van der Waals surface area contributed by atoms with Crippen molar-refractivity contribution in [2.24, 2.45) is 0 Å². The summed E-state index contributed by atoms with van der Waals surface area (Å²) in [6.07, 6.45) is 0. The highest BCUT2D eigenvalue weighted by molar-refractivity contribution is 5.62. The molecule has 1 N–H and O–H groups in total. The van der Waals surface area contributed by atoms with Crippen molar-refractivity contribution in [1.29, 1.82) is 0 Å². The summed E-state index contributed by atoms with van der Waals surface area (Å²) in [5.74, 6) is 0.837. The summed E-state index contributed by atoms with van der Waals surface area (Å²) in [4.78, 5) is 23.6. The SMILES string of the molecule is CCN1CCN(c2nc(NC)nc(C)c2[N+](=O)[O-])CC1.